The molecule has 23 heavy (non-hydrogen) atoms. The smallest absolute Gasteiger partial charge is 0.336 e. The number of rotatable bonds is 5. The fourth-order valence-electron chi connectivity index (χ4n) is 1.98. The molecule has 0 radical (unpaired) electrons. The van der Waals surface area contributed by atoms with Gasteiger partial charge in [0, 0.05) is 5.56 Å². The molecule has 0 bridgehead atoms. The van der Waals surface area contributed by atoms with Gasteiger partial charge in [-0.05, 0) is 12.8 Å². The Balaban J connectivity index is 2.25. The molecule has 7 heteroatoms. The molecule has 2 aromatic rings. The molecule has 1 unspecified atom stereocenters. The van der Waals surface area contributed by atoms with Crippen molar-refractivity contribution in [1.29, 1.82) is 5.26 Å². The molecule has 0 saturated carbocycles. The highest BCUT2D eigenvalue weighted by atomic mass is 16.5. The maximum Gasteiger partial charge on any atom is 0.442 e. The van der Waals surface area contributed by atoms with Crippen molar-refractivity contribution in [3.63, 3.8) is 0 Å². The summed E-state index contributed by atoms with van der Waals surface area (Å²) >= 11 is 0. The molecule has 0 saturated heterocycles. The van der Waals surface area contributed by atoms with Gasteiger partial charge in [-0.1, -0.05) is 49.3 Å². The van der Waals surface area contributed by atoms with Crippen molar-refractivity contribution >= 4 is 5.91 Å². The zero-order valence-electron chi connectivity index (χ0n) is 13.2. The van der Waals surface area contributed by atoms with Crippen LogP contribution in [0.4, 0.5) is 0 Å². The molecule has 0 spiro atoms. The fraction of sp³-hybridized carbons (Fsp3) is 0.375. The van der Waals surface area contributed by atoms with E-state index in [0.29, 0.717) is 5.56 Å². The Bertz CT molecular complexity index is 786. The molecule has 0 aliphatic rings. The summed E-state index contributed by atoms with van der Waals surface area (Å²) in [5.74, 6) is -0.981. The Morgan fingerprint density at radius 3 is 2.65 bits per heavy atom. The normalized spacial score (nSPS) is 13.3. The van der Waals surface area contributed by atoms with Crippen LogP contribution in [0.2, 0.25) is 0 Å². The molecule has 1 amide bonds. The van der Waals surface area contributed by atoms with E-state index >= 15 is 0 Å². The summed E-state index contributed by atoms with van der Waals surface area (Å²) in [6.45, 7) is 5.05. The molecule has 1 aromatic carbocycles. The van der Waals surface area contributed by atoms with Gasteiger partial charge < -0.3 is 5.32 Å². The molecule has 1 N–H and O–H groups in total. The monoisotopic (exact) mass is 314 g/mol. The molecule has 0 fully saturated rings. The second kappa shape index (κ2) is 6.48. The number of nitrogens with one attached hydrogen (secondary N) is 1. The van der Waals surface area contributed by atoms with Gasteiger partial charge in [-0.15, -0.1) is 0 Å². The molecule has 0 aliphatic heterocycles. The summed E-state index contributed by atoms with van der Waals surface area (Å²) in [4.78, 5) is 24.0. The van der Waals surface area contributed by atoms with Crippen molar-refractivity contribution in [2.24, 2.45) is 5.92 Å². The number of aromatic nitrogens is 2. The van der Waals surface area contributed by atoms with Gasteiger partial charge in [0.1, 0.15) is 12.1 Å². The van der Waals surface area contributed by atoms with Gasteiger partial charge >= 0.3 is 5.76 Å². The molecule has 7 nitrogen and oxygen atoms in total. The number of amides is 1. The van der Waals surface area contributed by atoms with E-state index in [-0.39, 0.29) is 18.3 Å². The average Bonchev–Trinajstić information content (AvgIpc) is 2.88. The van der Waals surface area contributed by atoms with Crippen LogP contribution in [0.3, 0.4) is 0 Å². The van der Waals surface area contributed by atoms with Crippen molar-refractivity contribution in [1.82, 2.24) is 15.0 Å². The number of benzene rings is 1. The Kier molecular flexibility index (Phi) is 4.65. The topological polar surface area (TPSA) is 101 Å². The van der Waals surface area contributed by atoms with Crippen LogP contribution in [-0.2, 0) is 11.3 Å². The van der Waals surface area contributed by atoms with Crippen molar-refractivity contribution in [3.8, 4) is 17.5 Å². The van der Waals surface area contributed by atoms with Crippen LogP contribution in [0.1, 0.15) is 20.8 Å². The first-order chi connectivity index (χ1) is 10.9. The number of hydrogen-bond donors (Lipinski definition) is 1. The third kappa shape index (κ3) is 3.48. The van der Waals surface area contributed by atoms with Gasteiger partial charge in [-0.25, -0.2) is 9.36 Å². The minimum Gasteiger partial charge on any atom is -0.336 e. The third-order valence-electron chi connectivity index (χ3n) is 3.81. The highest BCUT2D eigenvalue weighted by molar-refractivity contribution is 5.77. The lowest BCUT2D eigenvalue weighted by Crippen LogP contribution is -2.50. The van der Waals surface area contributed by atoms with Crippen LogP contribution in [-0.4, -0.2) is 21.2 Å². The van der Waals surface area contributed by atoms with E-state index in [4.69, 9.17) is 0 Å². The van der Waals surface area contributed by atoms with Gasteiger partial charge in [0.15, 0.2) is 5.82 Å². The molecule has 2 rings (SSSR count). The van der Waals surface area contributed by atoms with E-state index in [2.05, 4.69) is 21.1 Å². The minimum absolute atomic E-state index is 0.0794. The quantitative estimate of drug-likeness (QED) is 0.902. The summed E-state index contributed by atoms with van der Waals surface area (Å²) in [6.07, 6.45) is 0. The first-order valence-electron chi connectivity index (χ1n) is 7.21. The number of nitriles is 1. The van der Waals surface area contributed by atoms with Crippen LogP contribution in [0, 0.1) is 17.2 Å². The maximum atomic E-state index is 12.2. The fourth-order valence-corrected chi connectivity index (χ4v) is 1.98. The Hall–Kier alpha value is -2.88. The van der Waals surface area contributed by atoms with E-state index in [1.807, 2.05) is 19.9 Å². The summed E-state index contributed by atoms with van der Waals surface area (Å²) in [5.41, 5.74) is -0.344. The number of carbonyl (C=O) groups excluding carboxylic acids is 1. The van der Waals surface area contributed by atoms with Gasteiger partial charge in [0.05, 0.1) is 6.07 Å². The maximum absolute atomic E-state index is 12.2. The summed E-state index contributed by atoms with van der Waals surface area (Å²) in [6, 6.07) is 11.0. The SMILES string of the molecule is CC(C)C(C)(C#N)NC(=O)Cn1c(-c2ccccc2)noc1=O. The van der Waals surface area contributed by atoms with Crippen LogP contribution < -0.4 is 11.1 Å². The van der Waals surface area contributed by atoms with E-state index in [1.54, 1.807) is 31.2 Å². The molecule has 1 heterocycles. The summed E-state index contributed by atoms with van der Waals surface area (Å²) < 4.78 is 5.81. The Morgan fingerprint density at radius 2 is 2.09 bits per heavy atom. The predicted octanol–water partition coefficient (Wildman–Crippen LogP) is 1.56. The van der Waals surface area contributed by atoms with E-state index in [0.717, 1.165) is 4.57 Å². The van der Waals surface area contributed by atoms with Crippen molar-refractivity contribution in [2.75, 3.05) is 0 Å². The molecule has 0 aliphatic carbocycles. The van der Waals surface area contributed by atoms with Crippen LogP contribution in [0.25, 0.3) is 11.4 Å². The van der Waals surface area contributed by atoms with Crippen molar-refractivity contribution in [2.45, 2.75) is 32.9 Å². The van der Waals surface area contributed by atoms with Crippen LogP contribution in [0.15, 0.2) is 39.6 Å². The number of nitrogens with zero attached hydrogens (tertiary/aromatic N) is 3. The van der Waals surface area contributed by atoms with Gasteiger partial charge in [0.2, 0.25) is 5.91 Å². The zero-order valence-corrected chi connectivity index (χ0v) is 13.2. The lowest BCUT2D eigenvalue weighted by atomic mass is 9.90. The molecule has 120 valence electrons. The molecular weight excluding hydrogens is 296 g/mol. The Morgan fingerprint density at radius 1 is 1.43 bits per heavy atom. The lowest BCUT2D eigenvalue weighted by Gasteiger charge is -2.27. The van der Waals surface area contributed by atoms with Crippen LogP contribution >= 0.6 is 0 Å². The zero-order chi connectivity index (χ0) is 17.0. The van der Waals surface area contributed by atoms with E-state index in [1.165, 1.54) is 0 Å². The second-order valence-corrected chi connectivity index (χ2v) is 5.74. The summed E-state index contributed by atoms with van der Waals surface area (Å²) in [5, 5.41) is 15.6. The molecule has 1 aromatic heterocycles. The van der Waals surface area contributed by atoms with Gasteiger partial charge in [0.25, 0.3) is 0 Å². The third-order valence-corrected chi connectivity index (χ3v) is 3.81. The van der Waals surface area contributed by atoms with Gasteiger partial charge in [-0.2, -0.15) is 5.26 Å². The average molecular weight is 314 g/mol. The lowest BCUT2D eigenvalue weighted by molar-refractivity contribution is -0.123. The van der Waals surface area contributed by atoms with Crippen molar-refractivity contribution in [3.05, 3.63) is 40.9 Å². The van der Waals surface area contributed by atoms with Gasteiger partial charge in [-0.3, -0.25) is 9.32 Å². The highest BCUT2D eigenvalue weighted by Gasteiger charge is 2.30. The number of hydrogen-bond acceptors (Lipinski definition) is 5. The summed E-state index contributed by atoms with van der Waals surface area (Å²) in [7, 11) is 0. The molecule has 1 atom stereocenters. The van der Waals surface area contributed by atoms with Crippen LogP contribution in [0.5, 0.6) is 0 Å². The second-order valence-electron chi connectivity index (χ2n) is 5.74. The van der Waals surface area contributed by atoms with Crippen molar-refractivity contribution < 1.29 is 9.32 Å². The largest absolute Gasteiger partial charge is 0.442 e. The Labute approximate surface area is 133 Å². The number of carbonyl (C=O) groups is 1. The minimum atomic E-state index is -1.01. The predicted molar refractivity (Wildman–Crippen MR) is 83.2 cm³/mol. The highest BCUT2D eigenvalue weighted by Crippen LogP contribution is 2.17. The first kappa shape index (κ1) is 16.5. The molecular formula is C16H18N4O3. The standard InChI is InChI=1S/C16H18N4O3/c1-11(2)16(3,10-17)18-13(21)9-20-14(19-23-15(20)22)12-7-5-4-6-8-12/h4-8,11H,9H2,1-3H3,(H,18,21). The van der Waals surface area contributed by atoms with E-state index < -0.39 is 17.2 Å². The first-order valence-corrected chi connectivity index (χ1v) is 7.21. The van der Waals surface area contributed by atoms with E-state index in [9.17, 15) is 14.9 Å².